The summed E-state index contributed by atoms with van der Waals surface area (Å²) in [4.78, 5) is 13.0. The molecule has 30 heavy (non-hydrogen) atoms. The number of fused-ring (bicyclic) bond motifs is 1. The number of benzene rings is 2. The molecule has 1 aliphatic rings. The smallest absolute Gasteiger partial charge is 0.241 e. The first-order valence-electron chi connectivity index (χ1n) is 10.0. The molecule has 1 atom stereocenters. The topological polar surface area (TPSA) is 75.7 Å². The highest BCUT2D eigenvalue weighted by molar-refractivity contribution is 7.92. The van der Waals surface area contributed by atoms with Crippen molar-refractivity contribution in [2.24, 2.45) is 0 Å². The number of carbonyl (C=O) groups is 1. The van der Waals surface area contributed by atoms with E-state index in [0.29, 0.717) is 12.1 Å². The lowest BCUT2D eigenvalue weighted by Crippen LogP contribution is -2.45. The third-order valence-corrected chi connectivity index (χ3v) is 6.45. The number of carbonyl (C=O) groups excluding carboxylic acids is 1. The van der Waals surface area contributed by atoms with Crippen molar-refractivity contribution < 1.29 is 17.9 Å². The van der Waals surface area contributed by atoms with E-state index in [4.69, 9.17) is 4.74 Å². The number of nitrogens with zero attached hydrogens (tertiary/aromatic N) is 1. The summed E-state index contributed by atoms with van der Waals surface area (Å²) in [5, 5.41) is 3.04. The lowest BCUT2D eigenvalue weighted by molar-refractivity contribution is -0.120. The zero-order valence-electron chi connectivity index (χ0n) is 18.4. The first kappa shape index (κ1) is 22.2. The molecular weight excluding hydrogens is 400 g/mol. The maximum Gasteiger partial charge on any atom is 0.241 e. The van der Waals surface area contributed by atoms with Crippen molar-refractivity contribution in [3.05, 3.63) is 58.7 Å². The second-order valence-corrected chi connectivity index (χ2v) is 10.6. The van der Waals surface area contributed by atoms with Crippen molar-refractivity contribution in [2.75, 3.05) is 17.1 Å². The van der Waals surface area contributed by atoms with E-state index in [9.17, 15) is 13.2 Å². The molecule has 0 saturated heterocycles. The Hall–Kier alpha value is -2.54. The van der Waals surface area contributed by atoms with Gasteiger partial charge in [0.15, 0.2) is 0 Å². The van der Waals surface area contributed by atoms with Gasteiger partial charge in [-0.3, -0.25) is 9.10 Å². The average Bonchev–Trinajstić information content (AvgIpc) is 2.58. The Labute approximate surface area is 179 Å². The highest BCUT2D eigenvalue weighted by Gasteiger charge is 2.35. The molecule has 0 saturated carbocycles. The van der Waals surface area contributed by atoms with Gasteiger partial charge in [0.25, 0.3) is 0 Å². The van der Waals surface area contributed by atoms with E-state index in [1.807, 2.05) is 71.0 Å². The number of hydrogen-bond acceptors (Lipinski definition) is 4. The molecule has 0 radical (unpaired) electrons. The highest BCUT2D eigenvalue weighted by atomic mass is 32.2. The van der Waals surface area contributed by atoms with E-state index in [1.54, 1.807) is 0 Å². The van der Waals surface area contributed by atoms with Crippen LogP contribution in [0.15, 0.2) is 36.4 Å². The van der Waals surface area contributed by atoms with Crippen LogP contribution in [0, 0.1) is 20.8 Å². The Morgan fingerprint density at radius 3 is 2.40 bits per heavy atom. The summed E-state index contributed by atoms with van der Waals surface area (Å²) in [5.74, 6) is 0.406. The van der Waals surface area contributed by atoms with Gasteiger partial charge in [0, 0.05) is 12.0 Å². The van der Waals surface area contributed by atoms with Gasteiger partial charge < -0.3 is 10.1 Å². The zero-order valence-corrected chi connectivity index (χ0v) is 19.3. The molecule has 0 bridgehead atoms. The molecular formula is C23H30N2O4S. The molecule has 1 N–H and O–H groups in total. The van der Waals surface area contributed by atoms with E-state index in [0.717, 1.165) is 34.3 Å². The van der Waals surface area contributed by atoms with Gasteiger partial charge in [-0.25, -0.2) is 8.42 Å². The van der Waals surface area contributed by atoms with Crippen LogP contribution in [0.4, 0.5) is 5.69 Å². The molecule has 162 valence electrons. The van der Waals surface area contributed by atoms with E-state index in [2.05, 4.69) is 5.32 Å². The van der Waals surface area contributed by atoms with Crippen LogP contribution >= 0.6 is 0 Å². The van der Waals surface area contributed by atoms with Crippen molar-refractivity contribution in [1.82, 2.24) is 5.32 Å². The minimum absolute atomic E-state index is 0.253. The largest absolute Gasteiger partial charge is 0.487 e. The molecule has 2 aromatic rings. The van der Waals surface area contributed by atoms with E-state index in [1.165, 1.54) is 4.31 Å². The number of ether oxygens (including phenoxy) is 1. The third kappa shape index (κ3) is 4.78. The molecule has 0 unspecified atom stereocenters. The fraction of sp³-hybridized carbons (Fsp3) is 0.435. The van der Waals surface area contributed by atoms with E-state index >= 15 is 0 Å². The van der Waals surface area contributed by atoms with Crippen LogP contribution in [-0.2, 0) is 14.8 Å². The van der Waals surface area contributed by atoms with Crippen molar-refractivity contribution in [1.29, 1.82) is 0 Å². The molecule has 1 amide bonds. The van der Waals surface area contributed by atoms with Crippen LogP contribution in [0.3, 0.4) is 0 Å². The minimum atomic E-state index is -3.64. The number of sulfonamides is 1. The Kier molecular flexibility index (Phi) is 5.87. The van der Waals surface area contributed by atoms with Crippen LogP contribution in [0.1, 0.15) is 48.6 Å². The first-order valence-corrected chi connectivity index (χ1v) is 11.8. The maximum absolute atomic E-state index is 13.0. The quantitative estimate of drug-likeness (QED) is 0.783. The number of rotatable bonds is 5. The van der Waals surface area contributed by atoms with Gasteiger partial charge in [-0.15, -0.1) is 0 Å². The Morgan fingerprint density at radius 1 is 1.17 bits per heavy atom. The average molecular weight is 431 g/mol. The lowest BCUT2D eigenvalue weighted by Gasteiger charge is -2.38. The molecule has 0 aliphatic carbocycles. The molecule has 0 aromatic heterocycles. The number of anilines is 1. The summed E-state index contributed by atoms with van der Waals surface area (Å²) in [7, 11) is -3.64. The normalized spacial score (nSPS) is 17.6. The summed E-state index contributed by atoms with van der Waals surface area (Å²) >= 11 is 0. The maximum atomic E-state index is 13.0. The Balaban J connectivity index is 1.88. The standard InChI is InChI=1S/C23H30N2O4S/c1-15-10-11-18-19(13-23(4,5)29-20(18)12-15)24-21(26)14-25(30(6,27)28)22-16(2)8-7-9-17(22)3/h7-12,19H,13-14H2,1-6H3,(H,24,26)/t19-/m0/s1. The summed E-state index contributed by atoms with van der Waals surface area (Å²) < 4.78 is 32.3. The van der Waals surface area contributed by atoms with Crippen molar-refractivity contribution in [3.8, 4) is 5.75 Å². The van der Waals surface area contributed by atoms with Crippen molar-refractivity contribution >= 4 is 21.6 Å². The number of hydrogen-bond donors (Lipinski definition) is 1. The molecule has 1 heterocycles. The molecule has 1 aliphatic heterocycles. The number of aryl methyl sites for hydroxylation is 3. The summed E-state index contributed by atoms with van der Waals surface area (Å²) in [6.45, 7) is 9.38. The monoisotopic (exact) mass is 430 g/mol. The fourth-order valence-electron chi connectivity index (χ4n) is 4.02. The van der Waals surface area contributed by atoms with Crippen LogP contribution in [-0.4, -0.2) is 32.7 Å². The molecule has 6 nitrogen and oxygen atoms in total. The number of amides is 1. The lowest BCUT2D eigenvalue weighted by atomic mass is 9.89. The minimum Gasteiger partial charge on any atom is -0.487 e. The summed E-state index contributed by atoms with van der Waals surface area (Å²) in [5.41, 5.74) is 3.71. The van der Waals surface area contributed by atoms with Crippen LogP contribution in [0.25, 0.3) is 0 Å². The van der Waals surface area contributed by atoms with Gasteiger partial charge in [-0.1, -0.05) is 30.3 Å². The first-order chi connectivity index (χ1) is 13.9. The van der Waals surface area contributed by atoms with Gasteiger partial charge in [0.1, 0.15) is 17.9 Å². The van der Waals surface area contributed by atoms with Gasteiger partial charge in [0.2, 0.25) is 15.9 Å². The molecule has 3 rings (SSSR count). The third-order valence-electron chi connectivity index (χ3n) is 5.34. The number of nitrogens with one attached hydrogen (secondary N) is 1. The predicted molar refractivity (Wildman–Crippen MR) is 119 cm³/mol. The van der Waals surface area contributed by atoms with Gasteiger partial charge in [0.05, 0.1) is 18.0 Å². The molecule has 0 fully saturated rings. The van der Waals surface area contributed by atoms with Crippen molar-refractivity contribution in [3.63, 3.8) is 0 Å². The van der Waals surface area contributed by atoms with Gasteiger partial charge >= 0.3 is 0 Å². The highest BCUT2D eigenvalue weighted by Crippen LogP contribution is 2.40. The molecule has 2 aromatic carbocycles. The van der Waals surface area contributed by atoms with Crippen LogP contribution in [0.2, 0.25) is 0 Å². The number of para-hydroxylation sites is 1. The second-order valence-electron chi connectivity index (χ2n) is 8.74. The molecule has 7 heteroatoms. The zero-order chi connectivity index (χ0) is 22.3. The van der Waals surface area contributed by atoms with Crippen molar-refractivity contribution in [2.45, 2.75) is 52.7 Å². The summed E-state index contributed by atoms with van der Waals surface area (Å²) in [6, 6.07) is 11.2. The van der Waals surface area contributed by atoms with E-state index < -0.39 is 15.6 Å². The van der Waals surface area contributed by atoms with Gasteiger partial charge in [-0.2, -0.15) is 0 Å². The summed E-state index contributed by atoms with van der Waals surface area (Å²) in [6.07, 6.45) is 1.72. The van der Waals surface area contributed by atoms with Crippen LogP contribution < -0.4 is 14.4 Å². The SMILES string of the molecule is Cc1ccc2c(c1)OC(C)(C)C[C@@H]2NC(=O)CN(c1c(C)cccc1C)S(C)(=O)=O. The van der Waals surface area contributed by atoms with Crippen LogP contribution in [0.5, 0.6) is 5.75 Å². The molecule has 0 spiro atoms. The fourth-order valence-corrected chi connectivity index (χ4v) is 4.99. The predicted octanol–water partition coefficient (Wildman–Crippen LogP) is 3.80. The Bertz CT molecular complexity index is 1060. The van der Waals surface area contributed by atoms with Gasteiger partial charge in [-0.05, 0) is 57.4 Å². The Morgan fingerprint density at radius 2 is 1.80 bits per heavy atom. The second kappa shape index (κ2) is 7.95. The van der Waals surface area contributed by atoms with E-state index in [-0.39, 0.29) is 18.5 Å².